The van der Waals surface area contributed by atoms with E-state index in [0.29, 0.717) is 0 Å². The molecule has 3 aromatic rings. The molecule has 0 saturated carbocycles. The van der Waals surface area contributed by atoms with E-state index in [1.165, 1.54) is 0 Å². The van der Waals surface area contributed by atoms with Gasteiger partial charge in [0.05, 0.1) is 5.69 Å². The number of carbonyl (C=O) groups excluding carboxylic acids is 1. The maximum atomic E-state index is 12.1. The number of anilines is 3. The zero-order valence-electron chi connectivity index (χ0n) is 15.5. The highest BCUT2D eigenvalue weighted by atomic mass is 32.1. The molecule has 0 aliphatic rings. The van der Waals surface area contributed by atoms with E-state index >= 15 is 0 Å². The topological polar surface area (TPSA) is 45.2 Å². The van der Waals surface area contributed by atoms with E-state index < -0.39 is 5.41 Å². The molecule has 1 amide bonds. The van der Waals surface area contributed by atoms with Gasteiger partial charge in [0, 0.05) is 34.8 Å². The third-order valence-electron chi connectivity index (χ3n) is 4.04. The Morgan fingerprint density at radius 3 is 2.31 bits per heavy atom. The Labute approximate surface area is 158 Å². The van der Waals surface area contributed by atoms with Crippen molar-refractivity contribution in [2.24, 2.45) is 5.41 Å². The SMILES string of the molecule is CN(c1ccccc1)c1nc(-c2ccc(NC(=O)C(C)(C)C)cc2)cs1. The van der Waals surface area contributed by atoms with Crippen molar-refractivity contribution in [3.05, 3.63) is 60.0 Å². The number of benzene rings is 2. The molecule has 0 aliphatic carbocycles. The number of carbonyl (C=O) groups is 1. The van der Waals surface area contributed by atoms with Gasteiger partial charge in [0.15, 0.2) is 5.13 Å². The van der Waals surface area contributed by atoms with Gasteiger partial charge in [-0.3, -0.25) is 4.79 Å². The van der Waals surface area contributed by atoms with Crippen LogP contribution in [0.1, 0.15) is 20.8 Å². The zero-order valence-corrected chi connectivity index (χ0v) is 16.3. The summed E-state index contributed by atoms with van der Waals surface area (Å²) in [5, 5.41) is 5.93. The minimum absolute atomic E-state index is 0.00526. The Morgan fingerprint density at radius 2 is 1.69 bits per heavy atom. The van der Waals surface area contributed by atoms with Gasteiger partial charge in [0.1, 0.15) is 0 Å². The van der Waals surface area contributed by atoms with Crippen molar-refractivity contribution in [1.29, 1.82) is 0 Å². The van der Waals surface area contributed by atoms with Crippen LogP contribution in [0, 0.1) is 5.41 Å². The molecule has 0 atom stereocenters. The third kappa shape index (κ3) is 4.11. The summed E-state index contributed by atoms with van der Waals surface area (Å²) in [6, 6.07) is 18.0. The highest BCUT2D eigenvalue weighted by molar-refractivity contribution is 7.14. The molecule has 0 saturated heterocycles. The molecular weight excluding hydrogens is 342 g/mol. The third-order valence-corrected chi connectivity index (χ3v) is 4.96. The van der Waals surface area contributed by atoms with E-state index in [-0.39, 0.29) is 5.91 Å². The maximum absolute atomic E-state index is 12.1. The van der Waals surface area contributed by atoms with Gasteiger partial charge >= 0.3 is 0 Å². The van der Waals surface area contributed by atoms with E-state index in [4.69, 9.17) is 4.98 Å². The molecule has 1 N–H and O–H groups in total. The zero-order chi connectivity index (χ0) is 18.7. The lowest BCUT2D eigenvalue weighted by Gasteiger charge is -2.17. The lowest BCUT2D eigenvalue weighted by atomic mass is 9.95. The Balaban J connectivity index is 1.74. The van der Waals surface area contributed by atoms with Crippen LogP contribution in [0.3, 0.4) is 0 Å². The number of aromatic nitrogens is 1. The Bertz CT molecular complexity index is 880. The predicted octanol–water partition coefficient (Wildman–Crippen LogP) is 5.56. The number of nitrogens with one attached hydrogen (secondary N) is 1. The van der Waals surface area contributed by atoms with Crippen LogP contribution in [0.25, 0.3) is 11.3 Å². The number of amides is 1. The molecule has 0 bridgehead atoms. The Morgan fingerprint density at radius 1 is 1.04 bits per heavy atom. The second-order valence-electron chi connectivity index (χ2n) is 7.19. The number of hydrogen-bond donors (Lipinski definition) is 1. The smallest absolute Gasteiger partial charge is 0.229 e. The fourth-order valence-corrected chi connectivity index (χ4v) is 3.18. The standard InChI is InChI=1S/C21H23N3OS/c1-21(2,3)19(25)22-16-12-10-15(11-13-16)18-14-26-20(23-18)24(4)17-8-6-5-7-9-17/h5-14H,1-4H3,(H,22,25). The second kappa shape index (κ2) is 7.30. The molecule has 4 nitrogen and oxygen atoms in total. The summed E-state index contributed by atoms with van der Waals surface area (Å²) in [4.78, 5) is 18.9. The van der Waals surface area contributed by atoms with Crippen LogP contribution in [-0.2, 0) is 4.79 Å². The van der Waals surface area contributed by atoms with Crippen LogP contribution in [0.15, 0.2) is 60.0 Å². The second-order valence-corrected chi connectivity index (χ2v) is 8.03. The highest BCUT2D eigenvalue weighted by Crippen LogP contribution is 2.31. The molecule has 134 valence electrons. The first-order chi connectivity index (χ1) is 12.3. The van der Waals surface area contributed by atoms with Crippen molar-refractivity contribution in [3.63, 3.8) is 0 Å². The van der Waals surface area contributed by atoms with Crippen molar-refractivity contribution >= 4 is 33.8 Å². The average molecular weight is 366 g/mol. The normalized spacial score (nSPS) is 11.2. The van der Waals surface area contributed by atoms with Crippen molar-refractivity contribution in [2.45, 2.75) is 20.8 Å². The number of thiazole rings is 1. The number of rotatable bonds is 4. The first-order valence-electron chi connectivity index (χ1n) is 8.51. The van der Waals surface area contributed by atoms with Gasteiger partial charge in [-0.2, -0.15) is 0 Å². The summed E-state index contributed by atoms with van der Waals surface area (Å²) in [6.07, 6.45) is 0. The van der Waals surface area contributed by atoms with E-state index in [2.05, 4.69) is 27.7 Å². The van der Waals surface area contributed by atoms with E-state index in [1.54, 1.807) is 11.3 Å². The molecule has 5 heteroatoms. The van der Waals surface area contributed by atoms with Gasteiger partial charge in [0.25, 0.3) is 0 Å². The molecule has 1 heterocycles. The molecule has 0 spiro atoms. The highest BCUT2D eigenvalue weighted by Gasteiger charge is 2.21. The lowest BCUT2D eigenvalue weighted by molar-refractivity contribution is -0.123. The quantitative estimate of drug-likeness (QED) is 0.658. The van der Waals surface area contributed by atoms with Crippen LogP contribution in [0.5, 0.6) is 0 Å². The van der Waals surface area contributed by atoms with Gasteiger partial charge < -0.3 is 10.2 Å². The van der Waals surface area contributed by atoms with Gasteiger partial charge in [-0.25, -0.2) is 4.98 Å². The molecule has 1 aromatic heterocycles. The van der Waals surface area contributed by atoms with Crippen molar-refractivity contribution in [2.75, 3.05) is 17.3 Å². The van der Waals surface area contributed by atoms with Crippen LogP contribution >= 0.6 is 11.3 Å². The summed E-state index contributed by atoms with van der Waals surface area (Å²) in [7, 11) is 2.02. The molecule has 0 fully saturated rings. The lowest BCUT2D eigenvalue weighted by Crippen LogP contribution is -2.27. The monoisotopic (exact) mass is 365 g/mol. The van der Waals surface area contributed by atoms with E-state index in [0.717, 1.165) is 27.8 Å². The largest absolute Gasteiger partial charge is 0.326 e. The number of para-hydroxylation sites is 1. The van der Waals surface area contributed by atoms with Gasteiger partial charge in [-0.15, -0.1) is 11.3 Å². The number of hydrogen-bond acceptors (Lipinski definition) is 4. The fourth-order valence-electron chi connectivity index (χ4n) is 2.36. The van der Waals surface area contributed by atoms with Crippen LogP contribution in [-0.4, -0.2) is 17.9 Å². The minimum atomic E-state index is -0.412. The van der Waals surface area contributed by atoms with Gasteiger partial charge in [0.2, 0.25) is 5.91 Å². The first-order valence-corrected chi connectivity index (χ1v) is 9.39. The van der Waals surface area contributed by atoms with E-state index in [1.807, 2.05) is 70.3 Å². The molecule has 0 aliphatic heterocycles. The molecule has 26 heavy (non-hydrogen) atoms. The number of nitrogens with zero attached hydrogens (tertiary/aromatic N) is 2. The van der Waals surface area contributed by atoms with Crippen LogP contribution in [0.4, 0.5) is 16.5 Å². The van der Waals surface area contributed by atoms with Gasteiger partial charge in [-0.1, -0.05) is 51.1 Å². The van der Waals surface area contributed by atoms with Crippen molar-refractivity contribution in [1.82, 2.24) is 4.98 Å². The molecule has 3 rings (SSSR count). The molecule has 2 aromatic carbocycles. The summed E-state index contributed by atoms with van der Waals surface area (Å²) >= 11 is 1.61. The van der Waals surface area contributed by atoms with Crippen molar-refractivity contribution < 1.29 is 4.79 Å². The Kier molecular flexibility index (Phi) is 5.09. The average Bonchev–Trinajstić information content (AvgIpc) is 3.12. The molecule has 0 unspecified atom stereocenters. The Hall–Kier alpha value is -2.66. The van der Waals surface area contributed by atoms with Crippen molar-refractivity contribution in [3.8, 4) is 11.3 Å². The summed E-state index contributed by atoms with van der Waals surface area (Å²) in [6.45, 7) is 5.70. The first kappa shape index (κ1) is 18.1. The molecule has 0 radical (unpaired) electrons. The molecular formula is C21H23N3OS. The summed E-state index contributed by atoms with van der Waals surface area (Å²) in [5.74, 6) is 0.00526. The van der Waals surface area contributed by atoms with E-state index in [9.17, 15) is 4.79 Å². The summed E-state index contributed by atoms with van der Waals surface area (Å²) in [5.41, 5.74) is 3.45. The van der Waals surface area contributed by atoms with Gasteiger partial charge in [-0.05, 0) is 24.3 Å². The minimum Gasteiger partial charge on any atom is -0.326 e. The van der Waals surface area contributed by atoms with Crippen LogP contribution in [0.2, 0.25) is 0 Å². The van der Waals surface area contributed by atoms with Crippen LogP contribution < -0.4 is 10.2 Å². The fraction of sp³-hybridized carbons (Fsp3) is 0.238. The maximum Gasteiger partial charge on any atom is 0.229 e. The predicted molar refractivity (Wildman–Crippen MR) is 110 cm³/mol. The summed E-state index contributed by atoms with van der Waals surface area (Å²) < 4.78 is 0.